The van der Waals surface area contributed by atoms with Gasteiger partial charge in [0.2, 0.25) is 0 Å². The molecule has 1 aromatic rings. The van der Waals surface area contributed by atoms with Crippen molar-refractivity contribution in [1.82, 2.24) is 5.32 Å². The molecule has 1 aliphatic heterocycles. The Morgan fingerprint density at radius 2 is 2.24 bits per heavy atom. The molecule has 1 aromatic carbocycles. The zero-order valence-electron chi connectivity index (χ0n) is 11.5. The highest BCUT2D eigenvalue weighted by molar-refractivity contribution is 7.80. The lowest BCUT2D eigenvalue weighted by Gasteiger charge is -2.29. The van der Waals surface area contributed by atoms with E-state index < -0.39 is 11.9 Å². The summed E-state index contributed by atoms with van der Waals surface area (Å²) in [6, 6.07) is 7.10. The number of methoxy groups -OCH3 is 1. The number of carbonyl (C=O) groups excluding carboxylic acids is 1. The van der Waals surface area contributed by atoms with E-state index in [2.05, 4.69) is 11.2 Å². The standard InChI is InChI=1S/C15H13ClN2O2S/c1-8-12(15(19)20-2)13(11(7-17)14(21)18-8)9-4-3-5-10(16)6-9/h3-6,13,17H,1-2H3,(H,18,21). The number of esters is 1. The smallest absolute Gasteiger partial charge is 0.336 e. The van der Waals surface area contributed by atoms with Crippen molar-refractivity contribution >= 4 is 40.6 Å². The van der Waals surface area contributed by atoms with Gasteiger partial charge in [0.15, 0.2) is 0 Å². The van der Waals surface area contributed by atoms with Gasteiger partial charge in [-0.25, -0.2) is 4.79 Å². The van der Waals surface area contributed by atoms with Crippen LogP contribution in [0.2, 0.25) is 5.02 Å². The van der Waals surface area contributed by atoms with Gasteiger partial charge in [-0.1, -0.05) is 36.0 Å². The molecule has 1 unspecified atom stereocenters. The molecule has 0 saturated carbocycles. The Labute approximate surface area is 133 Å². The molecule has 108 valence electrons. The van der Waals surface area contributed by atoms with E-state index >= 15 is 0 Å². The van der Waals surface area contributed by atoms with Crippen LogP contribution in [-0.2, 0) is 9.53 Å². The first-order valence-corrected chi connectivity index (χ1v) is 6.93. The van der Waals surface area contributed by atoms with Crippen LogP contribution >= 0.6 is 23.8 Å². The fraction of sp³-hybridized carbons (Fsp3) is 0.200. The summed E-state index contributed by atoms with van der Waals surface area (Å²) < 4.78 is 4.85. The molecule has 4 nitrogen and oxygen atoms in total. The Morgan fingerprint density at radius 1 is 1.52 bits per heavy atom. The van der Waals surface area contributed by atoms with Crippen LogP contribution in [0.15, 0.2) is 41.1 Å². The second-order valence-corrected chi connectivity index (χ2v) is 5.36. The first kappa shape index (κ1) is 15.4. The number of ether oxygens (including phenoxy) is 1. The van der Waals surface area contributed by atoms with Crippen LogP contribution in [0.25, 0.3) is 0 Å². The number of nitrogens with one attached hydrogen (secondary N) is 2. The number of allylic oxidation sites excluding steroid dienone is 1. The largest absolute Gasteiger partial charge is 0.466 e. The molecule has 0 fully saturated rings. The van der Waals surface area contributed by atoms with Crippen molar-refractivity contribution in [2.75, 3.05) is 7.11 Å². The van der Waals surface area contributed by atoms with Crippen LogP contribution in [0.4, 0.5) is 0 Å². The molecule has 0 radical (unpaired) electrons. The van der Waals surface area contributed by atoms with Crippen molar-refractivity contribution in [1.29, 1.82) is 5.41 Å². The summed E-state index contributed by atoms with van der Waals surface area (Å²) in [5.41, 5.74) is 2.19. The van der Waals surface area contributed by atoms with E-state index in [9.17, 15) is 4.79 Å². The van der Waals surface area contributed by atoms with Gasteiger partial charge < -0.3 is 10.1 Å². The second-order valence-electron chi connectivity index (χ2n) is 4.51. The van der Waals surface area contributed by atoms with Gasteiger partial charge in [0, 0.05) is 10.7 Å². The van der Waals surface area contributed by atoms with Gasteiger partial charge in [0.1, 0.15) is 4.99 Å². The molecule has 0 aliphatic carbocycles. The van der Waals surface area contributed by atoms with Crippen LogP contribution in [-0.4, -0.2) is 23.9 Å². The molecule has 1 heterocycles. The highest BCUT2D eigenvalue weighted by Gasteiger charge is 2.35. The lowest BCUT2D eigenvalue weighted by Crippen LogP contribution is -2.35. The summed E-state index contributed by atoms with van der Waals surface area (Å²) in [5, 5.41) is 11.0. The zero-order valence-corrected chi connectivity index (χ0v) is 13.1. The number of hydrogen-bond acceptors (Lipinski definition) is 4. The maximum atomic E-state index is 12.1. The number of hydrogen-bond donors (Lipinski definition) is 2. The third-order valence-corrected chi connectivity index (χ3v) is 3.81. The Morgan fingerprint density at radius 3 is 2.81 bits per heavy atom. The average molecular weight is 321 g/mol. The van der Waals surface area contributed by atoms with E-state index in [0.29, 0.717) is 26.9 Å². The van der Waals surface area contributed by atoms with Crippen molar-refractivity contribution in [3.8, 4) is 0 Å². The van der Waals surface area contributed by atoms with Gasteiger partial charge >= 0.3 is 5.97 Å². The Balaban J connectivity index is 2.70. The molecule has 0 saturated heterocycles. The van der Waals surface area contributed by atoms with Gasteiger partial charge in [-0.3, -0.25) is 5.41 Å². The van der Waals surface area contributed by atoms with Crippen molar-refractivity contribution in [3.05, 3.63) is 51.7 Å². The molecule has 0 amide bonds. The summed E-state index contributed by atoms with van der Waals surface area (Å²) in [7, 11) is 1.32. The molecule has 21 heavy (non-hydrogen) atoms. The van der Waals surface area contributed by atoms with Gasteiger partial charge in [-0.2, -0.15) is 0 Å². The topological polar surface area (TPSA) is 62.2 Å². The van der Waals surface area contributed by atoms with Crippen molar-refractivity contribution in [2.24, 2.45) is 0 Å². The molecular formula is C15H13ClN2O2S. The first-order valence-electron chi connectivity index (χ1n) is 6.15. The van der Waals surface area contributed by atoms with Crippen LogP contribution in [0.5, 0.6) is 0 Å². The minimum Gasteiger partial charge on any atom is -0.466 e. The molecular weight excluding hydrogens is 308 g/mol. The highest BCUT2D eigenvalue weighted by atomic mass is 35.5. The lowest BCUT2D eigenvalue weighted by molar-refractivity contribution is -0.136. The third-order valence-electron chi connectivity index (χ3n) is 3.25. The van der Waals surface area contributed by atoms with E-state index in [4.69, 9.17) is 34.0 Å². The molecule has 6 heteroatoms. The minimum absolute atomic E-state index is 0.375. The molecule has 1 aliphatic rings. The molecule has 0 bridgehead atoms. The molecule has 0 aromatic heterocycles. The predicted octanol–water partition coefficient (Wildman–Crippen LogP) is 2.98. The summed E-state index contributed by atoms with van der Waals surface area (Å²) in [4.78, 5) is 12.5. The summed E-state index contributed by atoms with van der Waals surface area (Å²) in [6.07, 6.45) is 0. The van der Waals surface area contributed by atoms with E-state index in [1.807, 2.05) is 6.07 Å². The minimum atomic E-state index is -0.512. The molecule has 2 N–H and O–H groups in total. The fourth-order valence-electron chi connectivity index (χ4n) is 2.33. The van der Waals surface area contributed by atoms with Gasteiger partial charge in [0.25, 0.3) is 0 Å². The normalized spacial score (nSPS) is 18.1. The van der Waals surface area contributed by atoms with Crippen LogP contribution < -0.4 is 5.32 Å². The predicted molar refractivity (Wildman–Crippen MR) is 85.9 cm³/mol. The molecule has 0 spiro atoms. The Kier molecular flexibility index (Phi) is 4.58. The number of benzene rings is 1. The number of carbonyl (C=O) groups is 1. The van der Waals surface area contributed by atoms with Crippen LogP contribution in [0, 0.1) is 5.41 Å². The lowest BCUT2D eigenvalue weighted by atomic mass is 9.81. The second kappa shape index (κ2) is 6.22. The Hall–Kier alpha value is -1.94. The van der Waals surface area contributed by atoms with Crippen molar-refractivity contribution in [2.45, 2.75) is 12.8 Å². The first-order chi connectivity index (χ1) is 9.99. The quantitative estimate of drug-likeness (QED) is 0.380. The summed E-state index contributed by atoms with van der Waals surface area (Å²) in [6.45, 7) is 1.75. The Bertz CT molecular complexity index is 705. The van der Waals surface area contributed by atoms with E-state index in [1.165, 1.54) is 7.11 Å². The van der Waals surface area contributed by atoms with E-state index in [1.54, 1.807) is 25.1 Å². The monoisotopic (exact) mass is 320 g/mol. The molecule has 1 atom stereocenters. The van der Waals surface area contributed by atoms with Gasteiger partial charge in [-0.15, -0.1) is 0 Å². The van der Waals surface area contributed by atoms with Crippen LogP contribution in [0.1, 0.15) is 18.4 Å². The molecule has 2 rings (SSSR count). The van der Waals surface area contributed by atoms with E-state index in [-0.39, 0.29) is 0 Å². The van der Waals surface area contributed by atoms with Crippen molar-refractivity contribution in [3.63, 3.8) is 0 Å². The third kappa shape index (κ3) is 2.90. The summed E-state index contributed by atoms with van der Waals surface area (Å²) in [5.74, 6) is 1.35. The number of rotatable bonds is 2. The summed E-state index contributed by atoms with van der Waals surface area (Å²) >= 11 is 11.3. The fourth-order valence-corrected chi connectivity index (χ4v) is 2.85. The zero-order chi connectivity index (χ0) is 15.6. The SMILES string of the molecule is COC(=O)C1=C(C)NC(=S)C(=C=N)C1c1cccc(Cl)c1. The maximum Gasteiger partial charge on any atom is 0.336 e. The number of thiocarbonyl (C=S) groups is 1. The van der Waals surface area contributed by atoms with Crippen LogP contribution in [0.3, 0.4) is 0 Å². The van der Waals surface area contributed by atoms with Gasteiger partial charge in [0.05, 0.1) is 24.2 Å². The maximum absolute atomic E-state index is 12.1. The average Bonchev–Trinajstić information content (AvgIpc) is 2.45. The van der Waals surface area contributed by atoms with Gasteiger partial charge in [-0.05, 0) is 30.5 Å². The van der Waals surface area contributed by atoms with Crippen molar-refractivity contribution < 1.29 is 9.53 Å². The highest BCUT2D eigenvalue weighted by Crippen LogP contribution is 2.37. The number of halogens is 1. The van der Waals surface area contributed by atoms with E-state index in [0.717, 1.165) is 5.56 Å².